The Morgan fingerprint density at radius 2 is 2.12 bits per heavy atom. The number of thiophene rings is 1. The summed E-state index contributed by atoms with van der Waals surface area (Å²) in [6, 6.07) is 3.66. The second-order valence-electron chi connectivity index (χ2n) is 4.85. The molecule has 0 fully saturated rings. The molecule has 0 saturated carbocycles. The summed E-state index contributed by atoms with van der Waals surface area (Å²) in [5, 5.41) is 8.84. The van der Waals surface area contributed by atoms with Crippen LogP contribution >= 0.6 is 22.9 Å². The SMILES string of the molecule is CC(C)(C)C/C(=C/C(=O)O)c1ccc(Cl)s1. The Kier molecular flexibility index (Phi) is 4.16. The van der Waals surface area contributed by atoms with E-state index in [4.69, 9.17) is 16.7 Å². The van der Waals surface area contributed by atoms with Crippen LogP contribution in [0.1, 0.15) is 32.1 Å². The highest BCUT2D eigenvalue weighted by Crippen LogP contribution is 2.35. The summed E-state index contributed by atoms with van der Waals surface area (Å²) in [6.45, 7) is 6.24. The van der Waals surface area contributed by atoms with E-state index in [1.807, 2.05) is 6.07 Å². The zero-order valence-electron chi connectivity index (χ0n) is 9.58. The van der Waals surface area contributed by atoms with Crippen LogP contribution in [0.25, 0.3) is 5.57 Å². The van der Waals surface area contributed by atoms with E-state index in [1.54, 1.807) is 6.07 Å². The van der Waals surface area contributed by atoms with Gasteiger partial charge < -0.3 is 5.11 Å². The fourth-order valence-corrected chi connectivity index (χ4v) is 2.47. The van der Waals surface area contributed by atoms with E-state index in [9.17, 15) is 4.79 Å². The van der Waals surface area contributed by atoms with E-state index in [-0.39, 0.29) is 5.41 Å². The first-order chi connectivity index (χ1) is 7.28. The van der Waals surface area contributed by atoms with E-state index in [1.165, 1.54) is 17.4 Å². The molecular weight excluding hydrogens is 244 g/mol. The lowest BCUT2D eigenvalue weighted by atomic mass is 9.87. The average Bonchev–Trinajstić information content (AvgIpc) is 2.47. The molecular formula is C12H15ClO2S. The van der Waals surface area contributed by atoms with Crippen LogP contribution in [-0.2, 0) is 4.79 Å². The third-order valence-electron chi connectivity index (χ3n) is 1.91. The molecule has 88 valence electrons. The minimum absolute atomic E-state index is 0.0533. The maximum Gasteiger partial charge on any atom is 0.328 e. The number of hydrogen-bond acceptors (Lipinski definition) is 2. The molecule has 0 unspecified atom stereocenters. The van der Waals surface area contributed by atoms with Crippen molar-refractivity contribution in [3.63, 3.8) is 0 Å². The van der Waals surface area contributed by atoms with Crippen LogP contribution in [0.5, 0.6) is 0 Å². The third kappa shape index (κ3) is 4.37. The van der Waals surface area contributed by atoms with Crippen molar-refractivity contribution in [2.75, 3.05) is 0 Å². The molecule has 0 amide bonds. The summed E-state index contributed by atoms with van der Waals surface area (Å²) >= 11 is 7.27. The van der Waals surface area contributed by atoms with Crippen LogP contribution in [0.4, 0.5) is 0 Å². The molecule has 0 atom stereocenters. The van der Waals surface area contributed by atoms with Gasteiger partial charge in [0.05, 0.1) is 4.34 Å². The van der Waals surface area contributed by atoms with Crippen molar-refractivity contribution in [3.05, 3.63) is 27.4 Å². The normalized spacial score (nSPS) is 12.9. The van der Waals surface area contributed by atoms with E-state index < -0.39 is 5.97 Å². The number of allylic oxidation sites excluding steroid dienone is 1. The molecule has 0 aliphatic carbocycles. The fourth-order valence-electron chi connectivity index (χ4n) is 1.42. The van der Waals surface area contributed by atoms with Crippen LogP contribution in [0.15, 0.2) is 18.2 Å². The molecule has 0 aliphatic rings. The van der Waals surface area contributed by atoms with Gasteiger partial charge in [-0.3, -0.25) is 0 Å². The van der Waals surface area contributed by atoms with Crippen molar-refractivity contribution in [1.82, 2.24) is 0 Å². The molecule has 0 aromatic carbocycles. The van der Waals surface area contributed by atoms with Crippen molar-refractivity contribution in [2.24, 2.45) is 5.41 Å². The lowest BCUT2D eigenvalue weighted by molar-refractivity contribution is -0.131. The first-order valence-electron chi connectivity index (χ1n) is 4.97. The summed E-state index contributed by atoms with van der Waals surface area (Å²) in [6.07, 6.45) is 1.99. The Labute approximate surface area is 105 Å². The molecule has 16 heavy (non-hydrogen) atoms. The molecule has 0 bridgehead atoms. The summed E-state index contributed by atoms with van der Waals surface area (Å²) in [5.74, 6) is -0.913. The summed E-state index contributed by atoms with van der Waals surface area (Å²) < 4.78 is 0.681. The molecule has 1 aromatic heterocycles. The smallest absolute Gasteiger partial charge is 0.328 e. The monoisotopic (exact) mass is 258 g/mol. The standard InChI is InChI=1S/C12H15ClO2S/c1-12(2,3)7-8(6-11(14)15)9-4-5-10(13)16-9/h4-6H,7H2,1-3H3,(H,14,15)/b8-6-. The van der Waals surface area contributed by atoms with Crippen LogP contribution < -0.4 is 0 Å². The number of aliphatic carboxylic acids is 1. The number of carbonyl (C=O) groups is 1. The van der Waals surface area contributed by atoms with Gasteiger partial charge in [0.25, 0.3) is 0 Å². The number of carboxylic acid groups (broad SMARTS) is 1. The summed E-state index contributed by atoms with van der Waals surface area (Å²) in [7, 11) is 0. The minimum atomic E-state index is -0.913. The Balaban J connectivity index is 3.02. The third-order valence-corrected chi connectivity index (χ3v) is 3.21. The Morgan fingerprint density at radius 1 is 1.50 bits per heavy atom. The van der Waals surface area contributed by atoms with Gasteiger partial charge >= 0.3 is 5.97 Å². The van der Waals surface area contributed by atoms with E-state index in [2.05, 4.69) is 20.8 Å². The minimum Gasteiger partial charge on any atom is -0.478 e. The molecule has 0 radical (unpaired) electrons. The molecule has 0 saturated heterocycles. The molecule has 1 rings (SSSR count). The summed E-state index contributed by atoms with van der Waals surface area (Å²) in [5.41, 5.74) is 0.884. The van der Waals surface area contributed by atoms with Crippen molar-refractivity contribution >= 4 is 34.5 Å². The van der Waals surface area contributed by atoms with Gasteiger partial charge in [-0.2, -0.15) is 0 Å². The molecule has 2 nitrogen and oxygen atoms in total. The van der Waals surface area contributed by atoms with Gasteiger partial charge in [-0.05, 0) is 29.5 Å². The maximum absolute atomic E-state index is 10.8. The lowest BCUT2D eigenvalue weighted by Crippen LogP contribution is -2.06. The predicted octanol–water partition coefficient (Wildman–Crippen LogP) is 4.31. The highest BCUT2D eigenvalue weighted by atomic mass is 35.5. The van der Waals surface area contributed by atoms with E-state index >= 15 is 0 Å². The summed E-state index contributed by atoms with van der Waals surface area (Å²) in [4.78, 5) is 11.7. The van der Waals surface area contributed by atoms with Gasteiger partial charge in [0.15, 0.2) is 0 Å². The molecule has 0 spiro atoms. The van der Waals surface area contributed by atoms with Gasteiger partial charge in [-0.15, -0.1) is 11.3 Å². The van der Waals surface area contributed by atoms with Crippen LogP contribution in [0.3, 0.4) is 0 Å². The Morgan fingerprint density at radius 3 is 2.50 bits per heavy atom. The molecule has 1 N–H and O–H groups in total. The van der Waals surface area contributed by atoms with Crippen molar-refractivity contribution < 1.29 is 9.90 Å². The number of carboxylic acids is 1. The Hall–Kier alpha value is -0.800. The number of rotatable bonds is 3. The molecule has 0 aliphatic heterocycles. The van der Waals surface area contributed by atoms with Crippen LogP contribution in [-0.4, -0.2) is 11.1 Å². The maximum atomic E-state index is 10.8. The number of hydrogen-bond donors (Lipinski definition) is 1. The highest BCUT2D eigenvalue weighted by molar-refractivity contribution is 7.17. The van der Waals surface area contributed by atoms with Gasteiger partial charge in [-0.1, -0.05) is 32.4 Å². The molecule has 1 heterocycles. The quantitative estimate of drug-likeness (QED) is 0.821. The van der Waals surface area contributed by atoms with E-state index in [0.717, 1.165) is 16.9 Å². The average molecular weight is 259 g/mol. The van der Waals surface area contributed by atoms with Crippen LogP contribution in [0.2, 0.25) is 4.34 Å². The first-order valence-corrected chi connectivity index (χ1v) is 6.16. The predicted molar refractivity (Wildman–Crippen MR) is 69.0 cm³/mol. The zero-order chi connectivity index (χ0) is 12.3. The zero-order valence-corrected chi connectivity index (χ0v) is 11.2. The van der Waals surface area contributed by atoms with Crippen molar-refractivity contribution in [2.45, 2.75) is 27.2 Å². The second-order valence-corrected chi connectivity index (χ2v) is 6.56. The van der Waals surface area contributed by atoms with Gasteiger partial charge in [-0.25, -0.2) is 4.79 Å². The van der Waals surface area contributed by atoms with Gasteiger partial charge in [0.1, 0.15) is 0 Å². The van der Waals surface area contributed by atoms with Crippen LogP contribution in [0, 0.1) is 5.41 Å². The lowest BCUT2D eigenvalue weighted by Gasteiger charge is -2.19. The Bertz CT molecular complexity index is 413. The fraction of sp³-hybridized carbons (Fsp3) is 0.417. The van der Waals surface area contributed by atoms with Gasteiger partial charge in [0.2, 0.25) is 0 Å². The van der Waals surface area contributed by atoms with Crippen molar-refractivity contribution in [3.8, 4) is 0 Å². The largest absolute Gasteiger partial charge is 0.478 e. The van der Waals surface area contributed by atoms with Gasteiger partial charge in [0, 0.05) is 11.0 Å². The topological polar surface area (TPSA) is 37.3 Å². The second kappa shape index (κ2) is 5.02. The highest BCUT2D eigenvalue weighted by Gasteiger charge is 2.16. The first kappa shape index (κ1) is 13.3. The number of halogens is 1. The molecule has 1 aromatic rings. The molecule has 4 heteroatoms. The van der Waals surface area contributed by atoms with E-state index in [0.29, 0.717) is 4.34 Å². The van der Waals surface area contributed by atoms with Crippen molar-refractivity contribution in [1.29, 1.82) is 0 Å².